The fourth-order valence-electron chi connectivity index (χ4n) is 15.2. The number of carbonyl (C=O) groups is 3. The largest absolute Gasteiger partial charge is 0.430 e. The van der Waals surface area contributed by atoms with Gasteiger partial charge in [-0.3, -0.25) is 9.59 Å². The van der Waals surface area contributed by atoms with E-state index in [-0.39, 0.29) is 36.4 Å². The van der Waals surface area contributed by atoms with Crippen molar-refractivity contribution in [3.05, 3.63) is 0 Å². The number of hydrogen-bond acceptors (Lipinski definition) is 22. The smallest absolute Gasteiger partial charge is 0.315 e. The fourth-order valence-corrected chi connectivity index (χ4v) is 16.7. The van der Waals surface area contributed by atoms with Crippen molar-refractivity contribution in [2.24, 2.45) is 16.2 Å². The van der Waals surface area contributed by atoms with Crippen LogP contribution >= 0.6 is 11.8 Å². The van der Waals surface area contributed by atoms with E-state index in [1.165, 1.54) is 76.2 Å². The first-order valence-electron chi connectivity index (χ1n) is 29.8. The predicted molar refractivity (Wildman–Crippen MR) is 312 cm³/mol. The number of hydrogen-bond donors (Lipinski definition) is 13. The predicted octanol–water partition coefficient (Wildman–Crippen LogP) is 1.62. The van der Waals surface area contributed by atoms with Crippen LogP contribution in [0.1, 0.15) is 171 Å². The Bertz CT molecular complexity index is 2500. The fraction of sp³-hybridized carbons (Fsp3) is 0.950. The molecule has 7 unspecified atom stereocenters. The van der Waals surface area contributed by atoms with Crippen molar-refractivity contribution in [1.29, 1.82) is 0 Å². The van der Waals surface area contributed by atoms with Gasteiger partial charge >= 0.3 is 12.0 Å². The van der Waals surface area contributed by atoms with Crippen molar-refractivity contribution in [2.45, 2.75) is 285 Å². The number of nitrogens with one attached hydrogen (secondary N) is 3. The number of unbranched alkanes of at least 4 members (excludes halogenated alkanes) is 1. The topological polar surface area (TPSA) is 363 Å². The molecular weight excluding hydrogens is 1130 g/mol. The van der Waals surface area contributed by atoms with Crippen LogP contribution in [-0.4, -0.2) is 241 Å². The van der Waals surface area contributed by atoms with E-state index in [2.05, 4.69) is 16.0 Å². The molecule has 6 aliphatic heterocycles. The highest BCUT2D eigenvalue weighted by Gasteiger charge is 2.77. The van der Waals surface area contributed by atoms with Crippen molar-refractivity contribution in [3.63, 3.8) is 0 Å². The van der Waals surface area contributed by atoms with Crippen LogP contribution < -0.4 is 16.0 Å². The number of thioether (sulfide) groups is 1. The molecule has 24 nitrogen and oxygen atoms in total. The molecule has 6 saturated heterocycles. The van der Waals surface area contributed by atoms with Crippen molar-refractivity contribution >= 4 is 29.7 Å². The van der Waals surface area contributed by atoms with Gasteiger partial charge in [-0.25, -0.2) is 4.79 Å². The molecule has 494 valence electrons. The minimum atomic E-state index is -2.20. The molecule has 0 saturated carbocycles. The van der Waals surface area contributed by atoms with Gasteiger partial charge in [0.1, 0.15) is 67.7 Å². The summed E-state index contributed by atoms with van der Waals surface area (Å²) < 4.78 is 52.0. The standard InChI is InChI=1S/C60H107N3O21S/c1-35(66)63-55(16)45(6,29-77-32-50(11)48(9,57(18,73)58(19,74)49(10,28-65)84-50)31-79-34-52(13)59(20,75)60(21,76)56(17,72)44(4,5)81-52)40(68)46(7,27-64)83-51(55,12)33-78-30-47(8)43(2,3)82-54(15,41(69)53(47,14)71)80-38(67)25-23-22-24-37-39-36(26-85-37)61-42(70)62-39/h36-37,39-41,64-65,68-69,71-76H,22-34H2,1-21H3,(H,63,66)(H2,61,62,70)/t36-,37?,39-,40-,41?,45+,46?,47+,48?,49?,50-,51+,52-,53+,54-,55?,56+,57-,58-,59?,60-/m0/s1. The van der Waals surface area contributed by atoms with E-state index in [1.807, 2.05) is 0 Å². The normalized spacial score (nSPS) is 51.1. The van der Waals surface area contributed by atoms with Gasteiger partial charge in [0, 0.05) is 36.7 Å². The maximum atomic E-state index is 13.5. The summed E-state index contributed by atoms with van der Waals surface area (Å²) in [7, 11) is 0. The number of ether oxygens (including phenoxy) is 8. The summed E-state index contributed by atoms with van der Waals surface area (Å²) in [6.07, 6.45) is -1.48. The van der Waals surface area contributed by atoms with E-state index in [9.17, 15) is 65.4 Å². The molecule has 0 aromatic rings. The third-order valence-corrected chi connectivity index (χ3v) is 25.3. The lowest BCUT2D eigenvalue weighted by Crippen LogP contribution is -2.84. The summed E-state index contributed by atoms with van der Waals surface area (Å²) in [6.45, 7) is 27.4. The Morgan fingerprint density at radius 3 is 1.66 bits per heavy atom. The van der Waals surface area contributed by atoms with Crippen LogP contribution in [0.5, 0.6) is 0 Å². The lowest BCUT2D eigenvalue weighted by molar-refractivity contribution is -0.412. The first-order chi connectivity index (χ1) is 38.1. The van der Waals surface area contributed by atoms with Gasteiger partial charge in [0.15, 0.2) is 0 Å². The average Bonchev–Trinajstić information content (AvgIpc) is 1.04. The van der Waals surface area contributed by atoms with E-state index >= 15 is 0 Å². The Morgan fingerprint density at radius 1 is 0.576 bits per heavy atom. The van der Waals surface area contributed by atoms with Crippen LogP contribution in [0.2, 0.25) is 0 Å². The van der Waals surface area contributed by atoms with E-state index in [0.29, 0.717) is 12.8 Å². The van der Waals surface area contributed by atoms with E-state index in [0.717, 1.165) is 12.2 Å². The minimum Gasteiger partial charge on any atom is -0.430 e. The van der Waals surface area contributed by atoms with E-state index < -0.39 is 171 Å². The highest BCUT2D eigenvalue weighted by Crippen LogP contribution is 2.61. The highest BCUT2D eigenvalue weighted by atomic mass is 32.2. The molecule has 25 heteroatoms. The third-order valence-electron chi connectivity index (χ3n) is 23.8. The van der Waals surface area contributed by atoms with E-state index in [1.54, 1.807) is 81.0 Å². The zero-order valence-corrected chi connectivity index (χ0v) is 55.3. The van der Waals surface area contributed by atoms with Crippen LogP contribution in [0.4, 0.5) is 4.79 Å². The first-order valence-corrected chi connectivity index (χ1v) is 30.8. The maximum Gasteiger partial charge on any atom is 0.315 e. The second-order valence-electron chi connectivity index (χ2n) is 30.0. The quantitative estimate of drug-likeness (QED) is 0.0441. The molecule has 6 aliphatic rings. The number of urea groups is 1. The molecule has 0 aromatic carbocycles. The Morgan fingerprint density at radius 2 is 1.11 bits per heavy atom. The van der Waals surface area contributed by atoms with Gasteiger partial charge in [-0.2, -0.15) is 11.8 Å². The molecule has 85 heavy (non-hydrogen) atoms. The lowest BCUT2D eigenvalue weighted by Gasteiger charge is -2.68. The van der Waals surface area contributed by atoms with Crippen LogP contribution in [0.25, 0.3) is 0 Å². The average molecular weight is 1240 g/mol. The molecule has 0 radical (unpaired) electrons. The molecule has 0 bridgehead atoms. The summed E-state index contributed by atoms with van der Waals surface area (Å²) in [5.74, 6) is -2.39. The SMILES string of the molecule is CC(=O)NC1(C)[C@@](C)(COC[C@]2(C)C(C)(C)O[C@](C)(OC(=O)CCCCC3SC[C@@H]4NC(=O)N[C@H]34)C(O)[C@@]2(C)O)OC(C)(CO)[C@@H](O)[C@@]1(C)COC[C@]1(C)OC(C)(CO)[C@](C)(O)[C@@](C)(O)C1(C)COC[C@]1(C)OC(C)(C)[C@@](C)(O)[C@](C)(O)C1(C)O. The molecule has 21 atom stereocenters. The Labute approximate surface area is 506 Å². The van der Waals surface area contributed by atoms with Gasteiger partial charge in [-0.15, -0.1) is 0 Å². The molecule has 0 aliphatic carbocycles. The van der Waals surface area contributed by atoms with Gasteiger partial charge in [0.05, 0.1) is 98.6 Å². The minimum absolute atomic E-state index is 0.0112. The first kappa shape index (κ1) is 71.9. The van der Waals surface area contributed by atoms with Crippen molar-refractivity contribution in [2.75, 3.05) is 58.6 Å². The summed E-state index contributed by atoms with van der Waals surface area (Å²) in [5, 5.41) is 129. The Hall–Kier alpha value is -2.12. The second kappa shape index (κ2) is 22.3. The molecule has 0 aromatic heterocycles. The number of aliphatic hydroxyl groups excluding tert-OH is 4. The maximum absolute atomic E-state index is 13.5. The third kappa shape index (κ3) is 10.6. The lowest BCUT2D eigenvalue weighted by atomic mass is 9.52. The molecule has 6 fully saturated rings. The van der Waals surface area contributed by atoms with Crippen molar-refractivity contribution in [3.8, 4) is 0 Å². The zero-order chi connectivity index (χ0) is 65.3. The summed E-state index contributed by atoms with van der Waals surface area (Å²) >= 11 is 1.78. The molecule has 3 amide bonds. The van der Waals surface area contributed by atoms with Gasteiger partial charge in [-0.05, 0) is 124 Å². The summed E-state index contributed by atoms with van der Waals surface area (Å²) in [6, 6.07) is -0.0678. The van der Waals surface area contributed by atoms with Gasteiger partial charge in [0.25, 0.3) is 0 Å². The van der Waals surface area contributed by atoms with Crippen molar-refractivity contribution < 1.29 is 103 Å². The number of esters is 1. The number of carbonyl (C=O) groups excluding carboxylic acids is 3. The van der Waals surface area contributed by atoms with Gasteiger partial charge in [-0.1, -0.05) is 27.2 Å². The van der Waals surface area contributed by atoms with Crippen LogP contribution in [-0.2, 0) is 47.5 Å². The summed E-state index contributed by atoms with van der Waals surface area (Å²) in [5.41, 5.74) is -30.9. The zero-order valence-electron chi connectivity index (χ0n) is 54.5. The molecule has 6 heterocycles. The van der Waals surface area contributed by atoms with Crippen LogP contribution in [0, 0.1) is 16.2 Å². The van der Waals surface area contributed by atoms with Crippen molar-refractivity contribution in [1.82, 2.24) is 16.0 Å². The molecule has 6 rings (SSSR count). The van der Waals surface area contributed by atoms with E-state index in [4.69, 9.17) is 37.9 Å². The monoisotopic (exact) mass is 1240 g/mol. The van der Waals surface area contributed by atoms with Crippen LogP contribution in [0.3, 0.4) is 0 Å². The number of rotatable bonds is 21. The Balaban J connectivity index is 1.24. The molecule has 0 spiro atoms. The summed E-state index contributed by atoms with van der Waals surface area (Å²) in [4.78, 5) is 38.8. The number of fused-ring (bicyclic) bond motifs is 1. The second-order valence-corrected chi connectivity index (χ2v) is 31.3. The highest BCUT2D eigenvalue weighted by molar-refractivity contribution is 8.00. The molecule has 13 N–H and O–H groups in total. The number of aliphatic hydroxyl groups is 10. The van der Waals surface area contributed by atoms with Gasteiger partial charge in [0.2, 0.25) is 11.7 Å². The van der Waals surface area contributed by atoms with Crippen LogP contribution in [0.15, 0.2) is 0 Å². The molecular formula is C60H107N3O21S. The number of amides is 3. The van der Waals surface area contributed by atoms with Gasteiger partial charge < -0.3 is 105 Å². The Kier molecular flexibility index (Phi) is 18.9.